The largest absolute Gasteiger partial charge is 0.341 e. The van der Waals surface area contributed by atoms with Gasteiger partial charge in [0.1, 0.15) is 11.4 Å². The monoisotopic (exact) mass is 438 g/mol. The zero-order chi connectivity index (χ0) is 20.0. The van der Waals surface area contributed by atoms with E-state index in [9.17, 15) is 4.79 Å². The van der Waals surface area contributed by atoms with E-state index in [1.165, 1.54) is 0 Å². The van der Waals surface area contributed by atoms with Gasteiger partial charge in [-0.15, -0.1) is 0 Å². The average molecular weight is 439 g/mol. The highest BCUT2D eigenvalue weighted by molar-refractivity contribution is 9.10. The fourth-order valence-electron chi connectivity index (χ4n) is 3.97. The second kappa shape index (κ2) is 7.09. The number of rotatable bonds is 2. The quantitative estimate of drug-likeness (QED) is 0.352. The van der Waals surface area contributed by atoms with E-state index in [1.54, 1.807) is 0 Å². The molecule has 0 amide bonds. The molecule has 1 aliphatic rings. The van der Waals surface area contributed by atoms with Crippen LogP contribution in [0.25, 0.3) is 22.2 Å². The van der Waals surface area contributed by atoms with Gasteiger partial charge in [-0.1, -0.05) is 82.6 Å². The minimum absolute atomic E-state index is 0.00545. The highest BCUT2D eigenvalue weighted by Crippen LogP contribution is 2.25. The highest BCUT2D eigenvalue weighted by atomic mass is 79.9. The maximum atomic E-state index is 13.2. The summed E-state index contributed by atoms with van der Waals surface area (Å²) in [7, 11) is 0. The summed E-state index contributed by atoms with van der Waals surface area (Å²) in [6.45, 7) is 3.49. The molecule has 138 valence electrons. The molecule has 1 aliphatic heterocycles. The molecule has 4 aromatic rings. The molecular formula is C24H16BBrN2O. The molecule has 0 unspecified atom stereocenters. The van der Waals surface area contributed by atoms with Gasteiger partial charge < -0.3 is 4.79 Å². The molecule has 3 aromatic carbocycles. The van der Waals surface area contributed by atoms with E-state index in [0.717, 1.165) is 37.7 Å². The number of aromatic nitrogens is 2. The molecule has 0 atom stereocenters. The van der Waals surface area contributed by atoms with Crippen molar-refractivity contribution >= 4 is 50.4 Å². The molecule has 3 nitrogen and oxygen atoms in total. The summed E-state index contributed by atoms with van der Waals surface area (Å²) in [6.07, 6.45) is 0.559. The summed E-state index contributed by atoms with van der Waals surface area (Å²) >= 11 is 3.53. The Kier molecular flexibility index (Phi) is 4.40. The van der Waals surface area contributed by atoms with E-state index in [-0.39, 0.29) is 5.68 Å². The van der Waals surface area contributed by atoms with Crippen molar-refractivity contribution < 1.29 is 4.79 Å². The first-order valence-corrected chi connectivity index (χ1v) is 10.2. The van der Waals surface area contributed by atoms with Gasteiger partial charge in [0.2, 0.25) is 0 Å². The number of allylic oxidation sites excluding steroid dienone is 1. The number of carbonyl (C=O) groups excluding carboxylic acids is 1. The number of fused-ring (bicyclic) bond motifs is 2. The lowest BCUT2D eigenvalue weighted by Crippen LogP contribution is -2.56. The topological polar surface area (TPSA) is 42.9 Å². The van der Waals surface area contributed by atoms with Crippen molar-refractivity contribution in [2.75, 3.05) is 0 Å². The number of hydrogen-bond acceptors (Lipinski definition) is 3. The number of carbonyl (C=O) groups is 1. The maximum Gasteiger partial charge on any atom is 0.341 e. The maximum absolute atomic E-state index is 13.2. The van der Waals surface area contributed by atoms with Crippen molar-refractivity contribution in [1.29, 1.82) is 0 Å². The van der Waals surface area contributed by atoms with Crippen LogP contribution >= 0.6 is 15.9 Å². The molecule has 1 aromatic heterocycles. The van der Waals surface area contributed by atoms with Crippen molar-refractivity contribution in [2.24, 2.45) is 0 Å². The fourth-order valence-corrected chi connectivity index (χ4v) is 4.38. The molecule has 2 heterocycles. The molecule has 0 radical (unpaired) electrons. The second-order valence-electron chi connectivity index (χ2n) is 7.23. The van der Waals surface area contributed by atoms with Crippen molar-refractivity contribution in [2.45, 2.75) is 6.42 Å². The first kappa shape index (κ1) is 18.0. The van der Waals surface area contributed by atoms with E-state index < -0.39 is 6.71 Å². The van der Waals surface area contributed by atoms with Crippen LogP contribution in [0.5, 0.6) is 0 Å². The van der Waals surface area contributed by atoms with Gasteiger partial charge in [-0.25, -0.2) is 9.97 Å². The SMILES string of the molecule is C=C1Cc2cc(Br)ccc2B(c2nc(-c3ccccc3)c3ccccc3n2)C1=O. The van der Waals surface area contributed by atoms with Gasteiger partial charge >= 0.3 is 6.71 Å². The molecule has 0 aliphatic carbocycles. The van der Waals surface area contributed by atoms with Crippen LogP contribution in [-0.2, 0) is 11.2 Å². The number of hydrogen-bond donors (Lipinski definition) is 0. The van der Waals surface area contributed by atoms with Crippen molar-refractivity contribution in [3.63, 3.8) is 0 Å². The molecule has 0 fully saturated rings. The van der Waals surface area contributed by atoms with Crippen LogP contribution in [0.3, 0.4) is 0 Å². The van der Waals surface area contributed by atoms with Crippen LogP contribution in [0.4, 0.5) is 0 Å². The Balaban J connectivity index is 1.78. The van der Waals surface area contributed by atoms with Crippen LogP contribution in [0.1, 0.15) is 5.56 Å². The van der Waals surface area contributed by atoms with E-state index in [2.05, 4.69) is 28.6 Å². The van der Waals surface area contributed by atoms with E-state index in [0.29, 0.717) is 17.7 Å². The minimum Gasteiger partial charge on any atom is -0.305 e. The molecular weight excluding hydrogens is 423 g/mol. The summed E-state index contributed by atoms with van der Waals surface area (Å²) < 4.78 is 0.988. The fraction of sp³-hybridized carbons (Fsp3) is 0.0417. The smallest absolute Gasteiger partial charge is 0.305 e. The zero-order valence-electron chi connectivity index (χ0n) is 15.6. The third kappa shape index (κ3) is 3.12. The summed E-state index contributed by atoms with van der Waals surface area (Å²) in [5, 5.41) is 0.973. The molecule has 0 bridgehead atoms. The van der Waals surface area contributed by atoms with E-state index in [1.807, 2.05) is 66.7 Å². The van der Waals surface area contributed by atoms with Gasteiger partial charge in [0.15, 0.2) is 0 Å². The summed E-state index contributed by atoms with van der Waals surface area (Å²) in [4.78, 5) is 22.9. The Labute approximate surface area is 177 Å². The van der Waals surface area contributed by atoms with Crippen molar-refractivity contribution in [3.8, 4) is 11.3 Å². The van der Waals surface area contributed by atoms with Crippen LogP contribution in [0, 0.1) is 0 Å². The second-order valence-corrected chi connectivity index (χ2v) is 8.15. The van der Waals surface area contributed by atoms with Crippen LogP contribution in [-0.4, -0.2) is 22.4 Å². The van der Waals surface area contributed by atoms with Crippen LogP contribution in [0.15, 0.2) is 89.4 Å². The molecule has 0 saturated heterocycles. The zero-order valence-corrected chi connectivity index (χ0v) is 17.2. The number of benzene rings is 3. The summed E-state index contributed by atoms with van der Waals surface area (Å²) in [6, 6.07) is 24.0. The van der Waals surface area contributed by atoms with Gasteiger partial charge in [0.25, 0.3) is 0 Å². The normalized spacial score (nSPS) is 13.6. The number of nitrogens with zero attached hydrogens (tertiary/aromatic N) is 2. The minimum atomic E-state index is -0.536. The highest BCUT2D eigenvalue weighted by Gasteiger charge is 2.38. The Bertz CT molecular complexity index is 1290. The van der Waals surface area contributed by atoms with Gasteiger partial charge in [-0.2, -0.15) is 0 Å². The summed E-state index contributed by atoms with van der Waals surface area (Å²) in [5.41, 5.74) is 5.84. The Morgan fingerprint density at radius 3 is 2.52 bits per heavy atom. The predicted octanol–water partition coefficient (Wildman–Crippen LogP) is 3.89. The van der Waals surface area contributed by atoms with E-state index >= 15 is 0 Å². The molecule has 5 rings (SSSR count). The van der Waals surface area contributed by atoms with E-state index in [4.69, 9.17) is 9.97 Å². The summed E-state index contributed by atoms with van der Waals surface area (Å²) in [5.74, 6) is 0. The molecule has 5 heteroatoms. The lowest BCUT2D eigenvalue weighted by Gasteiger charge is -2.23. The lowest BCUT2D eigenvalue weighted by molar-refractivity contribution is -0.109. The van der Waals surface area contributed by atoms with Crippen molar-refractivity contribution in [1.82, 2.24) is 9.97 Å². The first-order chi connectivity index (χ1) is 14.1. The molecule has 0 spiro atoms. The van der Waals surface area contributed by atoms with Gasteiger partial charge in [0.05, 0.1) is 11.2 Å². The van der Waals surface area contributed by atoms with Crippen molar-refractivity contribution in [3.05, 3.63) is 95.0 Å². The Hall–Kier alpha value is -3.05. The first-order valence-electron chi connectivity index (χ1n) is 9.44. The van der Waals surface area contributed by atoms with Gasteiger partial charge in [-0.3, -0.25) is 0 Å². The standard InChI is InChI=1S/C24H16BBrN2O/c1-15-13-17-14-18(26)11-12-20(17)25(23(15)29)24-27-21-10-6-5-9-19(21)22(28-24)16-7-3-2-4-8-16/h2-12,14H,1,13H2. The number of halogens is 1. The molecule has 0 N–H and O–H groups in total. The number of para-hydroxylation sites is 1. The Morgan fingerprint density at radius 2 is 1.69 bits per heavy atom. The van der Waals surface area contributed by atoms with Crippen LogP contribution in [0.2, 0.25) is 0 Å². The van der Waals surface area contributed by atoms with Gasteiger partial charge in [-0.05, 0) is 35.8 Å². The Morgan fingerprint density at radius 1 is 0.931 bits per heavy atom. The molecule has 0 saturated carbocycles. The lowest BCUT2D eigenvalue weighted by atomic mass is 9.37. The average Bonchev–Trinajstić information content (AvgIpc) is 2.74. The predicted molar refractivity (Wildman–Crippen MR) is 122 cm³/mol. The third-order valence-electron chi connectivity index (χ3n) is 5.36. The van der Waals surface area contributed by atoms with Crippen LogP contribution < -0.4 is 11.2 Å². The molecule has 29 heavy (non-hydrogen) atoms. The third-order valence-corrected chi connectivity index (χ3v) is 5.85. The van der Waals surface area contributed by atoms with Gasteiger partial charge in [0, 0.05) is 15.4 Å².